The molecule has 0 amide bonds. The van der Waals surface area contributed by atoms with E-state index in [1.807, 2.05) is 0 Å². The molecule has 1 aliphatic rings. The van der Waals surface area contributed by atoms with Crippen molar-refractivity contribution in [1.82, 2.24) is 9.78 Å². The summed E-state index contributed by atoms with van der Waals surface area (Å²) in [5, 5.41) is 7.19. The summed E-state index contributed by atoms with van der Waals surface area (Å²) in [6, 6.07) is 0.213. The first kappa shape index (κ1) is 14.2. The van der Waals surface area contributed by atoms with Crippen LogP contribution in [0, 0.1) is 0 Å². The molecule has 19 heavy (non-hydrogen) atoms. The molecular weight excluding hydrogens is 264 g/mol. The van der Waals surface area contributed by atoms with E-state index in [2.05, 4.69) is 10.4 Å². The number of nitrogen functional groups attached to an aromatic ring is 1. The van der Waals surface area contributed by atoms with Gasteiger partial charge in [-0.15, -0.1) is 0 Å². The van der Waals surface area contributed by atoms with Crippen molar-refractivity contribution in [2.24, 2.45) is 0 Å². The van der Waals surface area contributed by atoms with E-state index in [9.17, 15) is 8.42 Å². The maximum Gasteiger partial charge on any atom is 0.182 e. The Morgan fingerprint density at radius 2 is 1.84 bits per heavy atom. The summed E-state index contributed by atoms with van der Waals surface area (Å²) in [7, 11) is -1.71. The minimum atomic E-state index is -3.37. The van der Waals surface area contributed by atoms with Gasteiger partial charge in [-0.25, -0.2) is 13.1 Å². The average Bonchev–Trinajstić information content (AvgIpc) is 2.53. The first-order valence-electron chi connectivity index (χ1n) is 6.71. The van der Waals surface area contributed by atoms with Crippen molar-refractivity contribution in [3.05, 3.63) is 0 Å². The zero-order valence-electron chi connectivity index (χ0n) is 11.5. The Morgan fingerprint density at radius 3 is 2.26 bits per heavy atom. The maximum atomic E-state index is 11.8. The number of aromatic nitrogens is 2. The van der Waals surface area contributed by atoms with Crippen LogP contribution in [0.25, 0.3) is 0 Å². The highest BCUT2D eigenvalue weighted by Gasteiger charge is 2.27. The van der Waals surface area contributed by atoms with E-state index >= 15 is 0 Å². The molecule has 0 aromatic carbocycles. The molecule has 0 spiro atoms. The van der Waals surface area contributed by atoms with Crippen molar-refractivity contribution in [3.8, 4) is 0 Å². The van der Waals surface area contributed by atoms with Crippen molar-refractivity contribution in [2.75, 3.05) is 24.4 Å². The molecule has 1 aliphatic carbocycles. The lowest BCUT2D eigenvalue weighted by atomic mass is 10.1. The number of sulfone groups is 1. The second kappa shape index (κ2) is 5.40. The highest BCUT2D eigenvalue weighted by atomic mass is 32.2. The van der Waals surface area contributed by atoms with Crippen LogP contribution in [0.15, 0.2) is 4.90 Å². The van der Waals surface area contributed by atoms with Crippen LogP contribution in [0.3, 0.4) is 0 Å². The fraction of sp³-hybridized carbons (Fsp3) is 0.750. The Balaban J connectivity index is 2.44. The summed E-state index contributed by atoms with van der Waals surface area (Å²) < 4.78 is 25.4. The molecule has 3 N–H and O–H groups in total. The van der Waals surface area contributed by atoms with Crippen LogP contribution in [0.4, 0.5) is 11.6 Å². The van der Waals surface area contributed by atoms with Gasteiger partial charge in [-0.1, -0.05) is 25.7 Å². The van der Waals surface area contributed by atoms with Crippen LogP contribution in [0.1, 0.15) is 44.6 Å². The quantitative estimate of drug-likeness (QED) is 0.827. The second-order valence-electron chi connectivity index (χ2n) is 5.18. The molecule has 0 unspecified atom stereocenters. The standard InChI is InChI=1S/C12H22N4O2S/c1-14-12-10(19(2,17)18)11(13)16(15-12)9-7-5-3-4-6-8-9/h9H,3-8,13H2,1-2H3,(H,14,15). The van der Waals surface area contributed by atoms with E-state index < -0.39 is 9.84 Å². The Bertz CT molecular complexity index is 542. The summed E-state index contributed by atoms with van der Waals surface area (Å²) >= 11 is 0. The maximum absolute atomic E-state index is 11.8. The van der Waals surface area contributed by atoms with Gasteiger partial charge in [0.25, 0.3) is 0 Å². The number of nitrogens with one attached hydrogen (secondary N) is 1. The minimum absolute atomic E-state index is 0.124. The topological polar surface area (TPSA) is 90.0 Å². The molecule has 1 fully saturated rings. The van der Waals surface area contributed by atoms with Crippen molar-refractivity contribution in [1.29, 1.82) is 0 Å². The van der Waals surface area contributed by atoms with E-state index in [1.54, 1.807) is 11.7 Å². The molecule has 0 radical (unpaired) electrons. The first-order chi connectivity index (χ1) is 8.95. The fourth-order valence-electron chi connectivity index (χ4n) is 2.74. The highest BCUT2D eigenvalue weighted by molar-refractivity contribution is 7.91. The molecule has 2 rings (SSSR count). The molecular formula is C12H22N4O2S. The molecule has 1 aromatic heterocycles. The third-order valence-corrected chi connectivity index (χ3v) is 4.82. The van der Waals surface area contributed by atoms with Gasteiger partial charge in [0.1, 0.15) is 5.82 Å². The monoisotopic (exact) mass is 286 g/mol. The van der Waals surface area contributed by atoms with Crippen molar-refractivity contribution in [2.45, 2.75) is 49.5 Å². The van der Waals surface area contributed by atoms with Crippen molar-refractivity contribution < 1.29 is 8.42 Å². The third-order valence-electron chi connectivity index (χ3n) is 3.68. The summed E-state index contributed by atoms with van der Waals surface area (Å²) in [5.41, 5.74) is 6.03. The SMILES string of the molecule is CNc1nn(C2CCCCCC2)c(N)c1S(C)(=O)=O. The molecule has 0 bridgehead atoms. The number of nitrogens with zero attached hydrogens (tertiary/aromatic N) is 2. The van der Waals surface area contributed by atoms with Crippen LogP contribution in [0.5, 0.6) is 0 Å². The zero-order chi connectivity index (χ0) is 14.0. The lowest BCUT2D eigenvalue weighted by molar-refractivity contribution is 0.411. The largest absolute Gasteiger partial charge is 0.383 e. The lowest BCUT2D eigenvalue weighted by Gasteiger charge is -2.16. The molecule has 7 heteroatoms. The second-order valence-corrected chi connectivity index (χ2v) is 7.13. The summed E-state index contributed by atoms with van der Waals surface area (Å²) in [6.07, 6.45) is 7.94. The predicted molar refractivity (Wildman–Crippen MR) is 76.0 cm³/mol. The average molecular weight is 286 g/mol. The van der Waals surface area contributed by atoms with E-state index in [-0.39, 0.29) is 16.8 Å². The molecule has 1 heterocycles. The van der Waals surface area contributed by atoms with E-state index in [4.69, 9.17) is 5.73 Å². The van der Waals surface area contributed by atoms with Gasteiger partial charge in [-0.05, 0) is 12.8 Å². The van der Waals surface area contributed by atoms with Crippen LogP contribution >= 0.6 is 0 Å². The molecule has 1 aromatic rings. The van der Waals surface area contributed by atoms with Crippen LogP contribution in [-0.2, 0) is 9.84 Å². The Morgan fingerprint density at radius 1 is 1.26 bits per heavy atom. The molecule has 6 nitrogen and oxygen atoms in total. The number of hydrogen-bond acceptors (Lipinski definition) is 5. The smallest absolute Gasteiger partial charge is 0.182 e. The van der Waals surface area contributed by atoms with Gasteiger partial charge < -0.3 is 11.1 Å². The predicted octanol–water partition coefficient (Wildman–Crippen LogP) is 1.81. The molecule has 0 aliphatic heterocycles. The Labute approximate surface area is 114 Å². The number of anilines is 2. The molecule has 1 saturated carbocycles. The Kier molecular flexibility index (Phi) is 4.03. The first-order valence-corrected chi connectivity index (χ1v) is 8.60. The fourth-order valence-corrected chi connectivity index (χ4v) is 3.71. The number of nitrogens with two attached hydrogens (primary N) is 1. The third kappa shape index (κ3) is 2.86. The van der Waals surface area contributed by atoms with Gasteiger partial charge >= 0.3 is 0 Å². The summed E-state index contributed by atoms with van der Waals surface area (Å²) in [6.45, 7) is 0. The van der Waals surface area contributed by atoms with Crippen molar-refractivity contribution >= 4 is 21.5 Å². The van der Waals surface area contributed by atoms with Gasteiger partial charge in [0, 0.05) is 13.3 Å². The molecule has 0 saturated heterocycles. The lowest BCUT2D eigenvalue weighted by Crippen LogP contribution is -2.13. The normalized spacial score (nSPS) is 18.2. The van der Waals surface area contributed by atoms with Gasteiger partial charge in [-0.2, -0.15) is 5.10 Å². The van der Waals surface area contributed by atoms with Gasteiger partial charge in [0.2, 0.25) is 0 Å². The summed E-state index contributed by atoms with van der Waals surface area (Å²) in [4.78, 5) is 0.124. The Hall–Kier alpha value is -1.24. The van der Waals surface area contributed by atoms with E-state index in [1.165, 1.54) is 19.1 Å². The molecule has 108 valence electrons. The zero-order valence-corrected chi connectivity index (χ0v) is 12.3. The minimum Gasteiger partial charge on any atom is -0.383 e. The molecule has 0 atom stereocenters. The van der Waals surface area contributed by atoms with Gasteiger partial charge in [0.05, 0.1) is 6.04 Å². The highest BCUT2D eigenvalue weighted by Crippen LogP contribution is 2.34. The van der Waals surface area contributed by atoms with Crippen molar-refractivity contribution in [3.63, 3.8) is 0 Å². The van der Waals surface area contributed by atoms with Crippen LogP contribution in [0.2, 0.25) is 0 Å². The van der Waals surface area contributed by atoms with Gasteiger partial charge in [-0.3, -0.25) is 0 Å². The number of hydrogen-bond donors (Lipinski definition) is 2. The van der Waals surface area contributed by atoms with E-state index in [0.29, 0.717) is 5.82 Å². The summed E-state index contributed by atoms with van der Waals surface area (Å²) in [5.74, 6) is 0.614. The van der Waals surface area contributed by atoms with Crippen LogP contribution < -0.4 is 11.1 Å². The van der Waals surface area contributed by atoms with Crippen LogP contribution in [-0.4, -0.2) is 31.5 Å². The van der Waals surface area contributed by atoms with Gasteiger partial charge in [0.15, 0.2) is 20.6 Å². The number of rotatable bonds is 3. The van der Waals surface area contributed by atoms with E-state index in [0.717, 1.165) is 25.7 Å².